The number of carbonyl (C=O) groups excluding carboxylic acids is 2. The Balaban J connectivity index is 2.50. The number of ketones is 2. The molecule has 1 rings (SSSR count). The third kappa shape index (κ3) is 8.50. The van der Waals surface area contributed by atoms with Gasteiger partial charge in [-0.05, 0) is 38.5 Å². The molecular formula is C19H28O2. The third-order valence-corrected chi connectivity index (χ3v) is 4.11. The van der Waals surface area contributed by atoms with Gasteiger partial charge in [0.25, 0.3) is 0 Å². The minimum absolute atomic E-state index is 0.00792. The van der Waals surface area contributed by atoms with Crippen LogP contribution in [0.4, 0.5) is 0 Å². The van der Waals surface area contributed by atoms with Gasteiger partial charge in [-0.15, -0.1) is 12.3 Å². The molecule has 116 valence electrons. The highest BCUT2D eigenvalue weighted by molar-refractivity contribution is 5.82. The number of terminal acetylenes is 1. The van der Waals surface area contributed by atoms with Crippen molar-refractivity contribution in [1.82, 2.24) is 0 Å². The molecule has 1 aliphatic carbocycles. The molecule has 0 bridgehead atoms. The molecule has 0 amide bonds. The summed E-state index contributed by atoms with van der Waals surface area (Å²) in [4.78, 5) is 23.9. The monoisotopic (exact) mass is 288 g/mol. The van der Waals surface area contributed by atoms with Gasteiger partial charge in [0.15, 0.2) is 0 Å². The van der Waals surface area contributed by atoms with E-state index in [2.05, 4.69) is 18.1 Å². The van der Waals surface area contributed by atoms with E-state index in [1.807, 2.05) is 0 Å². The summed E-state index contributed by atoms with van der Waals surface area (Å²) < 4.78 is 0. The molecule has 2 nitrogen and oxygen atoms in total. The SMILES string of the molecule is C#CCC1CCCCC/C=C/CCCC(=O)CCCC1=O. The lowest BCUT2D eigenvalue weighted by Crippen LogP contribution is -2.14. The molecule has 0 aliphatic heterocycles. The highest BCUT2D eigenvalue weighted by atomic mass is 16.1. The second-order valence-corrected chi connectivity index (χ2v) is 5.97. The molecule has 1 aliphatic rings. The predicted molar refractivity (Wildman–Crippen MR) is 86.9 cm³/mol. The highest BCUT2D eigenvalue weighted by Gasteiger charge is 2.17. The minimum Gasteiger partial charge on any atom is -0.300 e. The Morgan fingerprint density at radius 1 is 0.952 bits per heavy atom. The quantitative estimate of drug-likeness (QED) is 0.521. The van der Waals surface area contributed by atoms with E-state index >= 15 is 0 Å². The van der Waals surface area contributed by atoms with Crippen LogP contribution in [0.3, 0.4) is 0 Å². The number of rotatable bonds is 1. The first-order chi connectivity index (χ1) is 10.2. The molecular weight excluding hydrogens is 260 g/mol. The van der Waals surface area contributed by atoms with Crippen LogP contribution in [-0.2, 0) is 9.59 Å². The standard InChI is InChI=1S/C19H28O2/c1-2-12-17-13-9-7-5-3-4-6-8-10-14-18(20)15-11-16-19(17)21/h1,4,6,17H,3,5,7-16H2/b6-4+. The normalized spacial score (nSPS) is 25.2. The van der Waals surface area contributed by atoms with Crippen molar-refractivity contribution in [2.75, 3.05) is 0 Å². The van der Waals surface area contributed by atoms with E-state index in [-0.39, 0.29) is 17.5 Å². The van der Waals surface area contributed by atoms with Gasteiger partial charge in [0.05, 0.1) is 0 Å². The van der Waals surface area contributed by atoms with Gasteiger partial charge >= 0.3 is 0 Å². The Kier molecular flexibility index (Phi) is 9.53. The summed E-state index contributed by atoms with van der Waals surface area (Å²) in [5.41, 5.74) is 0. The second kappa shape index (κ2) is 11.3. The largest absolute Gasteiger partial charge is 0.300 e. The zero-order valence-electron chi connectivity index (χ0n) is 13.1. The zero-order valence-corrected chi connectivity index (χ0v) is 13.1. The molecule has 0 aromatic carbocycles. The van der Waals surface area contributed by atoms with Crippen LogP contribution >= 0.6 is 0 Å². The van der Waals surface area contributed by atoms with Crippen LogP contribution < -0.4 is 0 Å². The Bertz CT molecular complexity index is 387. The lowest BCUT2D eigenvalue weighted by atomic mass is 9.90. The Morgan fingerprint density at radius 3 is 2.43 bits per heavy atom. The van der Waals surface area contributed by atoms with Gasteiger partial charge in [0, 0.05) is 31.6 Å². The summed E-state index contributed by atoms with van der Waals surface area (Å²) in [6.07, 6.45) is 20.1. The zero-order chi connectivity index (χ0) is 15.3. The third-order valence-electron chi connectivity index (χ3n) is 4.11. The van der Waals surface area contributed by atoms with Crippen molar-refractivity contribution >= 4 is 11.6 Å². The number of hydrogen-bond acceptors (Lipinski definition) is 2. The van der Waals surface area contributed by atoms with Gasteiger partial charge in [-0.2, -0.15) is 0 Å². The van der Waals surface area contributed by atoms with Crippen molar-refractivity contribution < 1.29 is 9.59 Å². The smallest absolute Gasteiger partial charge is 0.136 e. The number of Topliss-reactive ketones (excluding diaryl/α,β-unsaturated/α-hetero) is 2. The molecule has 0 N–H and O–H groups in total. The lowest BCUT2D eigenvalue weighted by molar-refractivity contribution is -0.123. The fourth-order valence-corrected chi connectivity index (χ4v) is 2.79. The maximum atomic E-state index is 12.2. The maximum Gasteiger partial charge on any atom is 0.136 e. The molecule has 1 unspecified atom stereocenters. The maximum absolute atomic E-state index is 12.2. The van der Waals surface area contributed by atoms with Gasteiger partial charge in [-0.1, -0.05) is 25.0 Å². The van der Waals surface area contributed by atoms with Crippen LogP contribution in [0.5, 0.6) is 0 Å². The first-order valence-electron chi connectivity index (χ1n) is 8.37. The van der Waals surface area contributed by atoms with Gasteiger partial charge in [0.1, 0.15) is 11.6 Å². The molecule has 1 atom stereocenters. The molecule has 0 heterocycles. The lowest BCUT2D eigenvalue weighted by Gasteiger charge is -2.13. The average Bonchev–Trinajstić information content (AvgIpc) is 2.46. The molecule has 2 heteroatoms. The van der Waals surface area contributed by atoms with E-state index in [1.165, 1.54) is 6.42 Å². The van der Waals surface area contributed by atoms with Crippen molar-refractivity contribution in [1.29, 1.82) is 0 Å². The number of carbonyl (C=O) groups is 2. The Hall–Kier alpha value is -1.36. The molecule has 21 heavy (non-hydrogen) atoms. The molecule has 0 aromatic heterocycles. The number of hydrogen-bond donors (Lipinski definition) is 0. The van der Waals surface area contributed by atoms with Crippen molar-refractivity contribution in [3.05, 3.63) is 12.2 Å². The fraction of sp³-hybridized carbons (Fsp3) is 0.684. The van der Waals surface area contributed by atoms with E-state index in [0.717, 1.165) is 38.5 Å². The predicted octanol–water partition coefficient (Wildman–Crippen LogP) is 4.63. The van der Waals surface area contributed by atoms with E-state index in [0.29, 0.717) is 32.1 Å². The van der Waals surface area contributed by atoms with Gasteiger partial charge in [-0.3, -0.25) is 9.59 Å². The van der Waals surface area contributed by atoms with Crippen molar-refractivity contribution in [2.45, 2.75) is 77.0 Å². The molecule has 0 spiro atoms. The molecule has 0 fully saturated rings. The van der Waals surface area contributed by atoms with Crippen molar-refractivity contribution in [3.8, 4) is 12.3 Å². The first kappa shape index (κ1) is 17.7. The second-order valence-electron chi connectivity index (χ2n) is 5.97. The average molecular weight is 288 g/mol. The van der Waals surface area contributed by atoms with Crippen molar-refractivity contribution in [3.63, 3.8) is 0 Å². The first-order valence-corrected chi connectivity index (χ1v) is 8.37. The topological polar surface area (TPSA) is 34.1 Å². The molecule has 0 saturated carbocycles. The molecule has 0 saturated heterocycles. The van der Waals surface area contributed by atoms with E-state index in [1.54, 1.807) is 0 Å². The van der Waals surface area contributed by atoms with Crippen LogP contribution in [0, 0.1) is 18.3 Å². The van der Waals surface area contributed by atoms with Gasteiger partial charge in [-0.25, -0.2) is 0 Å². The summed E-state index contributed by atoms with van der Waals surface area (Å²) in [5.74, 6) is 3.18. The van der Waals surface area contributed by atoms with Crippen molar-refractivity contribution in [2.24, 2.45) is 5.92 Å². The fourth-order valence-electron chi connectivity index (χ4n) is 2.79. The Morgan fingerprint density at radius 2 is 1.67 bits per heavy atom. The Labute approximate surface area is 129 Å². The van der Waals surface area contributed by atoms with Gasteiger partial charge in [0.2, 0.25) is 0 Å². The van der Waals surface area contributed by atoms with Crippen LogP contribution in [0.25, 0.3) is 0 Å². The summed E-state index contributed by atoms with van der Waals surface area (Å²) in [6.45, 7) is 0. The van der Waals surface area contributed by atoms with E-state index < -0.39 is 0 Å². The summed E-state index contributed by atoms with van der Waals surface area (Å²) in [7, 11) is 0. The summed E-state index contributed by atoms with van der Waals surface area (Å²) in [5, 5.41) is 0. The number of allylic oxidation sites excluding steroid dienone is 2. The van der Waals surface area contributed by atoms with E-state index in [4.69, 9.17) is 6.42 Å². The van der Waals surface area contributed by atoms with Crippen LogP contribution in [-0.4, -0.2) is 11.6 Å². The summed E-state index contributed by atoms with van der Waals surface area (Å²) >= 11 is 0. The highest BCUT2D eigenvalue weighted by Crippen LogP contribution is 2.19. The van der Waals surface area contributed by atoms with Gasteiger partial charge < -0.3 is 0 Å². The molecule has 0 radical (unpaired) electrons. The molecule has 0 aromatic rings. The van der Waals surface area contributed by atoms with Crippen LogP contribution in [0.15, 0.2) is 12.2 Å². The van der Waals surface area contributed by atoms with Crippen LogP contribution in [0.2, 0.25) is 0 Å². The summed E-state index contributed by atoms with van der Waals surface area (Å²) in [6, 6.07) is 0. The minimum atomic E-state index is 0.00792. The van der Waals surface area contributed by atoms with Crippen LogP contribution in [0.1, 0.15) is 77.0 Å². The van der Waals surface area contributed by atoms with E-state index in [9.17, 15) is 9.59 Å².